The zero-order valence-electron chi connectivity index (χ0n) is 19.2. The van der Waals surface area contributed by atoms with Gasteiger partial charge in [0.15, 0.2) is 11.6 Å². The lowest BCUT2D eigenvalue weighted by Gasteiger charge is -2.24. The number of carbonyl (C=O) groups excluding carboxylic acids is 2. The highest BCUT2D eigenvalue weighted by atomic mass is 16.4. The van der Waals surface area contributed by atoms with Crippen molar-refractivity contribution in [1.82, 2.24) is 20.3 Å². The van der Waals surface area contributed by atoms with Crippen LogP contribution in [0.3, 0.4) is 0 Å². The maximum absolute atomic E-state index is 12.9. The third-order valence-corrected chi connectivity index (χ3v) is 5.57. The summed E-state index contributed by atoms with van der Waals surface area (Å²) in [6.07, 6.45) is 4.63. The third-order valence-electron chi connectivity index (χ3n) is 5.57. The molecule has 1 atom stereocenters. The molecule has 1 amide bonds. The normalized spacial score (nSPS) is 12.1. The van der Waals surface area contributed by atoms with Crippen LogP contribution in [0.25, 0.3) is 11.1 Å². The van der Waals surface area contributed by atoms with Crippen LogP contribution >= 0.6 is 0 Å². The number of aliphatic carboxylic acids is 1. The first-order valence-corrected chi connectivity index (χ1v) is 10.7. The van der Waals surface area contributed by atoms with Crippen molar-refractivity contribution < 1.29 is 19.5 Å². The molecule has 3 aromatic rings. The second kappa shape index (κ2) is 10.2. The van der Waals surface area contributed by atoms with Crippen molar-refractivity contribution in [2.45, 2.75) is 32.6 Å². The van der Waals surface area contributed by atoms with Gasteiger partial charge in [-0.05, 0) is 28.2 Å². The highest BCUT2D eigenvalue weighted by Crippen LogP contribution is 2.30. The van der Waals surface area contributed by atoms with E-state index in [4.69, 9.17) is 5.11 Å². The predicted molar refractivity (Wildman–Crippen MR) is 126 cm³/mol. The molecule has 9 nitrogen and oxygen atoms in total. The van der Waals surface area contributed by atoms with Crippen LogP contribution in [0.15, 0.2) is 59.8 Å². The van der Waals surface area contributed by atoms with Gasteiger partial charge in [-0.15, -0.1) is 0 Å². The molecule has 9 heteroatoms. The smallest absolute Gasteiger partial charge is 0.308 e. The summed E-state index contributed by atoms with van der Waals surface area (Å²) in [5.74, 6) is -3.27. The van der Waals surface area contributed by atoms with Crippen molar-refractivity contribution in [3.8, 4) is 11.1 Å². The molecular weight excluding hydrogens is 436 g/mol. The van der Waals surface area contributed by atoms with Crippen molar-refractivity contribution in [3.63, 3.8) is 0 Å². The molecule has 0 saturated carbocycles. The quantitative estimate of drug-likeness (QED) is 0.415. The maximum atomic E-state index is 12.9. The van der Waals surface area contributed by atoms with Crippen molar-refractivity contribution in [1.29, 1.82) is 0 Å². The van der Waals surface area contributed by atoms with Gasteiger partial charge in [-0.25, -0.2) is 4.98 Å². The fourth-order valence-corrected chi connectivity index (χ4v) is 3.37. The van der Waals surface area contributed by atoms with Gasteiger partial charge >= 0.3 is 5.97 Å². The van der Waals surface area contributed by atoms with Crippen LogP contribution < -0.4 is 10.9 Å². The van der Waals surface area contributed by atoms with Crippen LogP contribution in [0, 0.1) is 5.92 Å². The minimum Gasteiger partial charge on any atom is -0.481 e. The minimum absolute atomic E-state index is 0.0612. The summed E-state index contributed by atoms with van der Waals surface area (Å²) >= 11 is 0. The number of pyridine rings is 1. The van der Waals surface area contributed by atoms with Crippen LogP contribution in [0.5, 0.6) is 0 Å². The first-order valence-electron chi connectivity index (χ1n) is 10.7. The highest BCUT2D eigenvalue weighted by molar-refractivity contribution is 5.97. The molecule has 1 aromatic carbocycles. The number of ketones is 1. The lowest BCUT2D eigenvalue weighted by Crippen LogP contribution is -2.34. The number of H-pyrrole nitrogens is 1. The van der Waals surface area contributed by atoms with Crippen LogP contribution in [0.4, 0.5) is 0 Å². The molecule has 1 unspecified atom stereocenters. The van der Waals surface area contributed by atoms with E-state index >= 15 is 0 Å². The molecule has 0 bridgehead atoms. The highest BCUT2D eigenvalue weighted by Gasteiger charge is 2.27. The van der Waals surface area contributed by atoms with Gasteiger partial charge in [0.05, 0.1) is 5.92 Å². The number of carbonyl (C=O) groups is 3. The average Bonchev–Trinajstić information content (AvgIpc) is 2.82. The van der Waals surface area contributed by atoms with Crippen LogP contribution in [0.1, 0.15) is 53.7 Å². The fourth-order valence-electron chi connectivity index (χ4n) is 3.37. The Morgan fingerprint density at radius 1 is 1.09 bits per heavy atom. The van der Waals surface area contributed by atoms with E-state index in [1.165, 1.54) is 6.92 Å². The summed E-state index contributed by atoms with van der Waals surface area (Å²) in [5, 5.41) is 11.3. The summed E-state index contributed by atoms with van der Waals surface area (Å²) in [6, 6.07) is 11.7. The van der Waals surface area contributed by atoms with Gasteiger partial charge in [-0.1, -0.05) is 51.1 Å². The van der Waals surface area contributed by atoms with Gasteiger partial charge in [-0.3, -0.25) is 24.2 Å². The van der Waals surface area contributed by atoms with E-state index < -0.39 is 34.6 Å². The van der Waals surface area contributed by atoms with E-state index in [2.05, 4.69) is 20.3 Å². The number of rotatable bonds is 9. The summed E-state index contributed by atoms with van der Waals surface area (Å²) in [5.41, 5.74) is 1.50. The predicted octanol–water partition coefficient (Wildman–Crippen LogP) is 2.83. The first kappa shape index (κ1) is 24.5. The molecule has 0 radical (unpaired) electrons. The minimum atomic E-state index is -1.06. The van der Waals surface area contributed by atoms with Gasteiger partial charge in [0, 0.05) is 31.6 Å². The first-order chi connectivity index (χ1) is 16.1. The number of Topliss-reactive ketones (excluding diaryl/α,β-unsaturated/α-hetero) is 1. The zero-order valence-corrected chi connectivity index (χ0v) is 19.2. The van der Waals surface area contributed by atoms with E-state index in [0.717, 1.165) is 22.9 Å². The Hall–Kier alpha value is -4.14. The molecule has 176 valence electrons. The Morgan fingerprint density at radius 3 is 2.38 bits per heavy atom. The zero-order chi connectivity index (χ0) is 24.9. The van der Waals surface area contributed by atoms with E-state index in [0.29, 0.717) is 0 Å². The Morgan fingerprint density at radius 2 is 1.79 bits per heavy atom. The standard InChI is InChI=1S/C25H26N4O5/c1-15(24(33)34)12-28-23(32)21-27-14-19(22(31)29-21)20(30)11-25(2,3)18-8-6-16(7-9-18)17-5-4-10-26-13-17/h4-10,13-15H,11-12H2,1-3H3,(H,28,32)(H,33,34)(H,27,29,31). The van der Waals surface area contributed by atoms with Crippen molar-refractivity contribution >= 4 is 17.7 Å². The lowest BCUT2D eigenvalue weighted by molar-refractivity contribution is -0.140. The van der Waals surface area contributed by atoms with Crippen molar-refractivity contribution in [3.05, 3.63) is 82.3 Å². The van der Waals surface area contributed by atoms with Crippen LogP contribution in [-0.4, -0.2) is 44.3 Å². The molecule has 0 aliphatic carbocycles. The van der Waals surface area contributed by atoms with E-state index in [1.807, 2.05) is 50.2 Å². The number of benzene rings is 1. The number of carboxylic acids is 1. The van der Waals surface area contributed by atoms with Gasteiger partial charge in [0.1, 0.15) is 5.56 Å². The number of hydrogen-bond donors (Lipinski definition) is 3. The molecule has 0 saturated heterocycles. The lowest BCUT2D eigenvalue weighted by atomic mass is 9.79. The number of nitrogens with one attached hydrogen (secondary N) is 2. The average molecular weight is 463 g/mol. The molecule has 3 rings (SSSR count). The topological polar surface area (TPSA) is 142 Å². The molecule has 3 N–H and O–H groups in total. The second-order valence-corrected chi connectivity index (χ2v) is 8.73. The number of carboxylic acid groups (broad SMARTS) is 1. The molecular formula is C25H26N4O5. The van der Waals surface area contributed by atoms with E-state index in [1.54, 1.807) is 12.4 Å². The molecule has 2 heterocycles. The SMILES string of the molecule is CC(CNC(=O)c1ncc(C(=O)CC(C)(C)c2ccc(-c3cccnc3)cc2)c(=O)[nH]1)C(=O)O. The summed E-state index contributed by atoms with van der Waals surface area (Å²) in [7, 11) is 0. The molecule has 0 aliphatic rings. The van der Waals surface area contributed by atoms with Crippen LogP contribution in [-0.2, 0) is 10.2 Å². The fraction of sp³-hybridized carbons (Fsp3) is 0.280. The van der Waals surface area contributed by atoms with Gasteiger partial charge in [-0.2, -0.15) is 0 Å². The van der Waals surface area contributed by atoms with E-state index in [9.17, 15) is 19.2 Å². The Labute approximate surface area is 196 Å². The molecule has 0 fully saturated rings. The van der Waals surface area contributed by atoms with E-state index in [-0.39, 0.29) is 24.4 Å². The summed E-state index contributed by atoms with van der Waals surface area (Å²) < 4.78 is 0. The molecule has 2 aromatic heterocycles. The Kier molecular flexibility index (Phi) is 7.35. The van der Waals surface area contributed by atoms with Crippen molar-refractivity contribution in [2.75, 3.05) is 6.54 Å². The number of amides is 1. The Bertz CT molecular complexity index is 1250. The number of aromatic amines is 1. The van der Waals surface area contributed by atoms with Gasteiger partial charge in [0.25, 0.3) is 11.5 Å². The van der Waals surface area contributed by atoms with Crippen molar-refractivity contribution in [2.24, 2.45) is 5.92 Å². The molecule has 34 heavy (non-hydrogen) atoms. The number of hydrogen-bond acceptors (Lipinski definition) is 6. The van der Waals surface area contributed by atoms with Gasteiger partial charge < -0.3 is 15.4 Å². The van der Waals surface area contributed by atoms with Gasteiger partial charge in [0.2, 0.25) is 0 Å². The monoisotopic (exact) mass is 462 g/mol. The number of nitrogens with zero attached hydrogens (tertiary/aromatic N) is 2. The second-order valence-electron chi connectivity index (χ2n) is 8.73. The summed E-state index contributed by atoms with van der Waals surface area (Å²) in [4.78, 5) is 58.6. The summed E-state index contributed by atoms with van der Waals surface area (Å²) in [6.45, 7) is 5.15. The Balaban J connectivity index is 1.70. The molecule has 0 spiro atoms. The third kappa shape index (κ3) is 5.80. The number of aromatic nitrogens is 3. The molecule has 0 aliphatic heterocycles. The van der Waals surface area contributed by atoms with Crippen LogP contribution in [0.2, 0.25) is 0 Å². The maximum Gasteiger partial charge on any atom is 0.308 e. The largest absolute Gasteiger partial charge is 0.481 e.